The number of urea groups is 1. The van der Waals surface area contributed by atoms with Crippen molar-refractivity contribution in [1.82, 2.24) is 41.0 Å². The summed E-state index contributed by atoms with van der Waals surface area (Å²) in [5.41, 5.74) is 2.22. The van der Waals surface area contributed by atoms with Crippen LogP contribution >= 0.6 is 0 Å². The topological polar surface area (TPSA) is 138 Å². The van der Waals surface area contributed by atoms with E-state index in [4.69, 9.17) is 0 Å². The van der Waals surface area contributed by atoms with Gasteiger partial charge in [-0.25, -0.2) is 4.79 Å². The Balaban J connectivity index is 0.847. The molecule has 0 radical (unpaired) electrons. The summed E-state index contributed by atoms with van der Waals surface area (Å²) >= 11 is 0. The second-order valence-corrected chi connectivity index (χ2v) is 12.5. The first-order valence-corrected chi connectivity index (χ1v) is 15.4. The van der Waals surface area contributed by atoms with Crippen molar-refractivity contribution in [3.8, 4) is 6.07 Å². The van der Waals surface area contributed by atoms with E-state index >= 15 is 0 Å². The number of hydrogen-bond donors (Lipinski definition) is 4. The fourth-order valence-corrected chi connectivity index (χ4v) is 7.22. The molecule has 5 heterocycles. The van der Waals surface area contributed by atoms with Gasteiger partial charge in [-0.3, -0.25) is 5.10 Å². The van der Waals surface area contributed by atoms with Crippen molar-refractivity contribution < 1.29 is 9.28 Å². The molecule has 2 amide bonds. The maximum Gasteiger partial charge on any atom is 0.532 e. The van der Waals surface area contributed by atoms with Gasteiger partial charge in [0.05, 0.1) is 12.0 Å². The molecule has 4 N–H and O–H groups in total. The van der Waals surface area contributed by atoms with Gasteiger partial charge in [-0.05, 0) is 55.6 Å². The molecule has 3 unspecified atom stereocenters. The van der Waals surface area contributed by atoms with Gasteiger partial charge in [0.25, 0.3) is 0 Å². The maximum absolute atomic E-state index is 12.8. The first kappa shape index (κ1) is 26.8. The Morgan fingerprint density at radius 2 is 1.88 bits per heavy atom. The quantitative estimate of drug-likeness (QED) is 0.245. The van der Waals surface area contributed by atoms with Crippen molar-refractivity contribution in [2.45, 2.75) is 88.4 Å². The van der Waals surface area contributed by atoms with Gasteiger partial charge in [-0.2, -0.15) is 15.0 Å². The van der Waals surface area contributed by atoms with Gasteiger partial charge in [-0.15, -0.1) is 5.10 Å². The highest BCUT2D eigenvalue weighted by atomic mass is 16.2. The standard InChI is InChI=1S/C30H38N11O/c42-30(35-24-14-25-19-41(25,18-24)17-23-6-3-12-33-38-23)34-22-9-7-20(8-10-22)16-32-29-31-13-11-27(37-29)36-28-15-26(39-40-28)21-4-1-2-5-21/h3,6,11-13,15,20-22,24-25H,1-2,4-5,7-10,14,17-19H2,(H3-,31,33,34,35,36,37,38,39,40,42)/q+1/p+1. The number of carbonyl (C=O) groups is 1. The smallest absolute Gasteiger partial charge is 0.335 e. The summed E-state index contributed by atoms with van der Waals surface area (Å²) in [6.07, 6.45) is 13.1. The molecule has 2 saturated carbocycles. The molecular weight excluding hydrogens is 530 g/mol. The molecule has 7 rings (SSSR count). The highest BCUT2D eigenvalue weighted by molar-refractivity contribution is 5.74. The minimum Gasteiger partial charge on any atom is -0.335 e. The van der Waals surface area contributed by atoms with Crippen LogP contribution in [-0.2, 0) is 6.54 Å². The number of nitrogens with one attached hydrogen (secondary N) is 4. The molecule has 0 spiro atoms. The van der Waals surface area contributed by atoms with Gasteiger partial charge in [-0.1, -0.05) is 17.8 Å². The summed E-state index contributed by atoms with van der Waals surface area (Å²) in [7, 11) is 0. The summed E-state index contributed by atoms with van der Waals surface area (Å²) in [4.78, 5) is 26.0. The van der Waals surface area contributed by atoms with Crippen LogP contribution in [0.2, 0.25) is 0 Å². The first-order valence-electron chi connectivity index (χ1n) is 15.4. The normalized spacial score (nSPS) is 28.4. The van der Waals surface area contributed by atoms with E-state index in [9.17, 15) is 4.79 Å². The monoisotopic (exact) mass is 569 g/mol. The van der Waals surface area contributed by atoms with E-state index in [1.54, 1.807) is 12.4 Å². The van der Waals surface area contributed by atoms with E-state index in [1.165, 1.54) is 37.9 Å². The molecule has 0 aromatic carbocycles. The van der Waals surface area contributed by atoms with Crippen molar-refractivity contribution >= 4 is 23.6 Å². The highest BCUT2D eigenvalue weighted by Crippen LogP contribution is 2.42. The Morgan fingerprint density at radius 3 is 2.71 bits per heavy atom. The zero-order valence-electron chi connectivity index (χ0n) is 23.9. The molecule has 2 saturated heterocycles. The van der Waals surface area contributed by atoms with Gasteiger partial charge in [0, 0.05) is 42.4 Å². The van der Waals surface area contributed by atoms with Crippen LogP contribution in [0.4, 0.5) is 22.4 Å². The van der Waals surface area contributed by atoms with E-state index in [2.05, 4.69) is 63.3 Å². The summed E-state index contributed by atoms with van der Waals surface area (Å²) in [5, 5.41) is 25.5. The van der Waals surface area contributed by atoms with Crippen LogP contribution in [0.3, 0.4) is 0 Å². The zero-order chi connectivity index (χ0) is 28.4. The number of piperidine rings is 1. The number of aromatic amines is 1. The lowest BCUT2D eigenvalue weighted by Gasteiger charge is -2.26. The highest BCUT2D eigenvalue weighted by Gasteiger charge is 2.62. The second kappa shape index (κ2) is 11.6. The Bertz CT molecular complexity index is 1450. The number of hydrogen-bond acceptors (Lipinski definition) is 7. The first-order chi connectivity index (χ1) is 20.6. The number of quaternary nitrogens is 1. The molecule has 4 aliphatic rings. The van der Waals surface area contributed by atoms with Crippen molar-refractivity contribution in [1.29, 1.82) is 0 Å². The van der Waals surface area contributed by atoms with E-state index < -0.39 is 0 Å². The number of fused-ring (bicyclic) bond motifs is 1. The molecule has 2 aliphatic carbocycles. The molecular formula is C30H39N11O+2. The zero-order valence-corrected chi connectivity index (χ0v) is 23.9. The summed E-state index contributed by atoms with van der Waals surface area (Å²) in [5.74, 6) is 2.61. The van der Waals surface area contributed by atoms with Crippen LogP contribution in [0.1, 0.15) is 75.1 Å². The van der Waals surface area contributed by atoms with Gasteiger partial charge >= 0.3 is 12.0 Å². The third-order valence-corrected chi connectivity index (χ3v) is 9.50. The molecule has 12 heteroatoms. The van der Waals surface area contributed by atoms with Gasteiger partial charge in [0.2, 0.25) is 5.82 Å². The Labute approximate surface area is 245 Å². The molecule has 4 fully saturated rings. The average Bonchev–Trinajstić information content (AvgIpc) is 3.46. The van der Waals surface area contributed by atoms with Crippen LogP contribution in [0.25, 0.3) is 4.85 Å². The lowest BCUT2D eigenvalue weighted by Crippen LogP contribution is -2.49. The molecule has 3 aromatic heterocycles. The van der Waals surface area contributed by atoms with Crippen LogP contribution in [0.5, 0.6) is 0 Å². The molecule has 0 bridgehead atoms. The molecule has 12 nitrogen and oxygen atoms in total. The van der Waals surface area contributed by atoms with Crippen molar-refractivity contribution in [3.05, 3.63) is 52.9 Å². The Hall–Kier alpha value is -4.11. The van der Waals surface area contributed by atoms with E-state index in [-0.39, 0.29) is 24.0 Å². The van der Waals surface area contributed by atoms with Crippen LogP contribution in [0, 0.1) is 12.0 Å². The predicted octanol–water partition coefficient (Wildman–Crippen LogP) is 4.38. The molecule has 3 atom stereocenters. The molecule has 2 aliphatic heterocycles. The number of rotatable bonds is 7. The Kier molecular flexibility index (Phi) is 7.42. The van der Waals surface area contributed by atoms with Crippen LogP contribution in [-0.4, -0.2) is 72.1 Å². The number of H-pyrrole nitrogens is 1. The summed E-state index contributed by atoms with van der Waals surface area (Å²) in [6, 6.07) is 12.1. The lowest BCUT2D eigenvalue weighted by molar-refractivity contribution is -0.818. The SMILES string of the molecule is O=C(NC1CCC(C#[N+]c2nccc(Nc3cc(C4CCCC4)[nH]n3)n2)CC1)NC1CC2C[N+]2(Cc2cccnn2)C1. The number of anilines is 2. The number of carbonyl (C=O) groups excluding carboxylic acids is 1. The average molecular weight is 570 g/mol. The van der Waals surface area contributed by atoms with Gasteiger partial charge < -0.3 is 20.4 Å². The van der Waals surface area contributed by atoms with E-state index in [0.29, 0.717) is 23.7 Å². The third kappa shape index (κ3) is 6.21. The molecule has 3 aromatic rings. The number of amides is 2. The minimum absolute atomic E-state index is 0.0498. The van der Waals surface area contributed by atoms with Crippen LogP contribution in [0.15, 0.2) is 36.7 Å². The van der Waals surface area contributed by atoms with E-state index in [0.717, 1.165) is 61.2 Å². The Morgan fingerprint density at radius 1 is 1.02 bits per heavy atom. The fourth-order valence-electron chi connectivity index (χ4n) is 7.22. The molecule has 218 valence electrons. The van der Waals surface area contributed by atoms with E-state index in [1.807, 2.05) is 18.2 Å². The third-order valence-electron chi connectivity index (χ3n) is 9.50. The lowest BCUT2D eigenvalue weighted by atomic mass is 9.87. The second-order valence-electron chi connectivity index (χ2n) is 12.5. The van der Waals surface area contributed by atoms with Crippen molar-refractivity contribution in [3.63, 3.8) is 0 Å². The number of aromatic nitrogens is 6. The minimum atomic E-state index is -0.0498. The number of nitrogens with zero attached hydrogens (tertiary/aromatic N) is 7. The van der Waals surface area contributed by atoms with Crippen molar-refractivity contribution in [2.24, 2.45) is 5.92 Å². The van der Waals surface area contributed by atoms with Crippen molar-refractivity contribution in [2.75, 3.05) is 18.4 Å². The summed E-state index contributed by atoms with van der Waals surface area (Å²) < 4.78 is 1.02. The predicted molar refractivity (Wildman–Crippen MR) is 157 cm³/mol. The largest absolute Gasteiger partial charge is 0.532 e. The maximum atomic E-state index is 12.8. The fraction of sp³-hybridized carbons (Fsp3) is 0.567. The summed E-state index contributed by atoms with van der Waals surface area (Å²) in [6.45, 7) is 3.04. The van der Waals surface area contributed by atoms with Gasteiger partial charge in [0.15, 0.2) is 5.82 Å². The van der Waals surface area contributed by atoms with Gasteiger partial charge in [0.1, 0.15) is 43.6 Å². The van der Waals surface area contributed by atoms with Crippen LogP contribution < -0.4 is 16.0 Å². The molecule has 42 heavy (non-hydrogen) atoms.